The molecule has 0 rings (SSSR count). The van der Waals surface area contributed by atoms with E-state index >= 15 is 0 Å². The standard InChI is InChI=1S/C10H23NO/c1-4-10(7-11)5-6-12-8-9(2)3/h9-10H,4-8,11H2,1-3H3. The van der Waals surface area contributed by atoms with Crippen LogP contribution in [0.15, 0.2) is 0 Å². The van der Waals surface area contributed by atoms with Crippen LogP contribution in [0, 0.1) is 11.8 Å². The van der Waals surface area contributed by atoms with Crippen LogP contribution < -0.4 is 5.73 Å². The molecule has 74 valence electrons. The molecule has 0 fully saturated rings. The van der Waals surface area contributed by atoms with Gasteiger partial charge < -0.3 is 10.5 Å². The number of nitrogens with two attached hydrogens (primary N) is 1. The highest BCUT2D eigenvalue weighted by atomic mass is 16.5. The first-order valence-electron chi connectivity index (χ1n) is 4.98. The molecule has 0 saturated heterocycles. The van der Waals surface area contributed by atoms with Gasteiger partial charge in [-0.05, 0) is 24.8 Å². The predicted molar refractivity (Wildman–Crippen MR) is 53.1 cm³/mol. The first kappa shape index (κ1) is 11.9. The number of ether oxygens (including phenoxy) is 1. The van der Waals surface area contributed by atoms with E-state index in [2.05, 4.69) is 20.8 Å². The Hall–Kier alpha value is -0.0800. The Morgan fingerprint density at radius 3 is 2.42 bits per heavy atom. The van der Waals surface area contributed by atoms with Crippen LogP contribution in [0.25, 0.3) is 0 Å². The summed E-state index contributed by atoms with van der Waals surface area (Å²) in [6.45, 7) is 9.05. The lowest BCUT2D eigenvalue weighted by molar-refractivity contribution is 0.0981. The van der Waals surface area contributed by atoms with Crippen LogP contribution >= 0.6 is 0 Å². The van der Waals surface area contributed by atoms with E-state index in [1.165, 1.54) is 6.42 Å². The molecule has 0 spiro atoms. The van der Waals surface area contributed by atoms with Crippen molar-refractivity contribution in [3.05, 3.63) is 0 Å². The third kappa shape index (κ3) is 6.62. The van der Waals surface area contributed by atoms with Crippen molar-refractivity contribution in [1.82, 2.24) is 0 Å². The summed E-state index contributed by atoms with van der Waals surface area (Å²) in [6, 6.07) is 0. The molecular formula is C10H23NO. The Kier molecular flexibility index (Phi) is 7.51. The lowest BCUT2D eigenvalue weighted by Gasteiger charge is -2.12. The topological polar surface area (TPSA) is 35.2 Å². The van der Waals surface area contributed by atoms with Crippen LogP contribution in [0.3, 0.4) is 0 Å². The molecule has 0 aromatic carbocycles. The van der Waals surface area contributed by atoms with Crippen molar-refractivity contribution in [3.8, 4) is 0 Å². The fourth-order valence-corrected chi connectivity index (χ4v) is 1.06. The first-order valence-corrected chi connectivity index (χ1v) is 4.98. The summed E-state index contributed by atoms with van der Waals surface area (Å²) in [5, 5.41) is 0. The zero-order chi connectivity index (χ0) is 9.40. The molecule has 0 heterocycles. The van der Waals surface area contributed by atoms with E-state index in [4.69, 9.17) is 10.5 Å². The summed E-state index contributed by atoms with van der Waals surface area (Å²) in [5.74, 6) is 1.29. The van der Waals surface area contributed by atoms with Gasteiger partial charge in [-0.3, -0.25) is 0 Å². The van der Waals surface area contributed by atoms with Crippen molar-refractivity contribution >= 4 is 0 Å². The van der Waals surface area contributed by atoms with E-state index in [-0.39, 0.29) is 0 Å². The van der Waals surface area contributed by atoms with Gasteiger partial charge in [-0.1, -0.05) is 27.2 Å². The second-order valence-electron chi connectivity index (χ2n) is 3.77. The third-order valence-corrected chi connectivity index (χ3v) is 2.03. The van der Waals surface area contributed by atoms with Gasteiger partial charge in [0, 0.05) is 13.2 Å². The van der Waals surface area contributed by atoms with Gasteiger partial charge in [-0.2, -0.15) is 0 Å². The fourth-order valence-electron chi connectivity index (χ4n) is 1.06. The smallest absolute Gasteiger partial charge is 0.0488 e. The SMILES string of the molecule is CCC(CN)CCOCC(C)C. The minimum absolute atomic E-state index is 0.642. The summed E-state index contributed by atoms with van der Waals surface area (Å²) in [5.41, 5.74) is 5.57. The van der Waals surface area contributed by atoms with Crippen LogP contribution in [0.5, 0.6) is 0 Å². The molecule has 2 N–H and O–H groups in total. The lowest BCUT2D eigenvalue weighted by atomic mass is 10.0. The van der Waals surface area contributed by atoms with E-state index in [1.807, 2.05) is 0 Å². The van der Waals surface area contributed by atoms with Crippen LogP contribution in [0.4, 0.5) is 0 Å². The largest absolute Gasteiger partial charge is 0.381 e. The highest BCUT2D eigenvalue weighted by Crippen LogP contribution is 2.06. The van der Waals surface area contributed by atoms with Crippen molar-refractivity contribution < 1.29 is 4.74 Å². The first-order chi connectivity index (χ1) is 5.70. The molecule has 2 heteroatoms. The zero-order valence-corrected chi connectivity index (χ0v) is 8.68. The van der Waals surface area contributed by atoms with Gasteiger partial charge in [0.15, 0.2) is 0 Å². The molecule has 0 amide bonds. The van der Waals surface area contributed by atoms with E-state index in [9.17, 15) is 0 Å². The zero-order valence-electron chi connectivity index (χ0n) is 8.68. The maximum Gasteiger partial charge on any atom is 0.0488 e. The summed E-state index contributed by atoms with van der Waals surface area (Å²) >= 11 is 0. The number of rotatable bonds is 7. The van der Waals surface area contributed by atoms with E-state index in [0.29, 0.717) is 11.8 Å². The Bertz CT molecular complexity index is 89.8. The van der Waals surface area contributed by atoms with Crippen LogP contribution in [-0.4, -0.2) is 19.8 Å². The highest BCUT2D eigenvalue weighted by molar-refractivity contribution is 4.56. The van der Waals surface area contributed by atoms with Gasteiger partial charge in [-0.15, -0.1) is 0 Å². The van der Waals surface area contributed by atoms with Gasteiger partial charge in [-0.25, -0.2) is 0 Å². The Morgan fingerprint density at radius 2 is 2.00 bits per heavy atom. The second-order valence-corrected chi connectivity index (χ2v) is 3.77. The summed E-state index contributed by atoms with van der Waals surface area (Å²) in [7, 11) is 0. The van der Waals surface area contributed by atoms with Crippen LogP contribution in [-0.2, 0) is 4.74 Å². The van der Waals surface area contributed by atoms with Gasteiger partial charge in [0.1, 0.15) is 0 Å². The van der Waals surface area contributed by atoms with E-state index in [1.54, 1.807) is 0 Å². The van der Waals surface area contributed by atoms with Crippen LogP contribution in [0.1, 0.15) is 33.6 Å². The van der Waals surface area contributed by atoms with E-state index < -0.39 is 0 Å². The lowest BCUT2D eigenvalue weighted by Crippen LogP contribution is -2.16. The average Bonchev–Trinajstić information content (AvgIpc) is 2.04. The molecule has 0 aromatic heterocycles. The molecule has 0 saturated carbocycles. The normalized spacial score (nSPS) is 13.8. The van der Waals surface area contributed by atoms with E-state index in [0.717, 1.165) is 26.2 Å². The monoisotopic (exact) mass is 173 g/mol. The third-order valence-electron chi connectivity index (χ3n) is 2.03. The van der Waals surface area contributed by atoms with Crippen LogP contribution in [0.2, 0.25) is 0 Å². The summed E-state index contributed by atoms with van der Waals surface area (Å²) in [4.78, 5) is 0. The molecule has 1 atom stereocenters. The molecule has 0 radical (unpaired) electrons. The molecule has 0 aliphatic carbocycles. The van der Waals surface area contributed by atoms with Crippen molar-refractivity contribution in [1.29, 1.82) is 0 Å². The van der Waals surface area contributed by atoms with Gasteiger partial charge in [0.25, 0.3) is 0 Å². The summed E-state index contributed by atoms with van der Waals surface area (Å²) < 4.78 is 5.47. The molecule has 0 aliphatic rings. The molecule has 12 heavy (non-hydrogen) atoms. The van der Waals surface area contributed by atoms with Crippen molar-refractivity contribution in [2.75, 3.05) is 19.8 Å². The maximum atomic E-state index is 5.57. The van der Waals surface area contributed by atoms with Gasteiger partial charge in [0.05, 0.1) is 0 Å². The highest BCUT2D eigenvalue weighted by Gasteiger charge is 2.03. The predicted octanol–water partition coefficient (Wildman–Crippen LogP) is 2.03. The minimum atomic E-state index is 0.642. The Morgan fingerprint density at radius 1 is 1.33 bits per heavy atom. The van der Waals surface area contributed by atoms with Crippen molar-refractivity contribution in [2.45, 2.75) is 33.6 Å². The summed E-state index contributed by atoms with van der Waals surface area (Å²) in [6.07, 6.45) is 2.28. The Labute approximate surface area is 76.5 Å². The van der Waals surface area contributed by atoms with Crippen molar-refractivity contribution in [3.63, 3.8) is 0 Å². The quantitative estimate of drug-likeness (QED) is 0.598. The number of hydrogen-bond donors (Lipinski definition) is 1. The fraction of sp³-hybridized carbons (Fsp3) is 1.00. The molecular weight excluding hydrogens is 150 g/mol. The second kappa shape index (κ2) is 7.56. The minimum Gasteiger partial charge on any atom is -0.381 e. The molecule has 2 nitrogen and oxygen atoms in total. The maximum absolute atomic E-state index is 5.57. The number of hydrogen-bond acceptors (Lipinski definition) is 2. The molecule has 0 aromatic rings. The van der Waals surface area contributed by atoms with Gasteiger partial charge in [0.2, 0.25) is 0 Å². The Balaban J connectivity index is 3.17. The molecule has 1 unspecified atom stereocenters. The molecule has 0 aliphatic heterocycles. The average molecular weight is 173 g/mol. The van der Waals surface area contributed by atoms with Gasteiger partial charge >= 0.3 is 0 Å². The van der Waals surface area contributed by atoms with Crippen molar-refractivity contribution in [2.24, 2.45) is 17.6 Å². The molecule has 0 bridgehead atoms.